The number of anilines is 1. The number of halogens is 1. The van der Waals surface area contributed by atoms with Crippen LogP contribution in [0.25, 0.3) is 0 Å². The Bertz CT molecular complexity index is 1020. The van der Waals surface area contributed by atoms with Crippen LogP contribution in [0.3, 0.4) is 0 Å². The number of nitrogens with zero attached hydrogens (tertiary/aromatic N) is 1. The lowest BCUT2D eigenvalue weighted by atomic mass is 10.1. The molecule has 0 unspecified atom stereocenters. The molecule has 0 radical (unpaired) electrons. The first-order chi connectivity index (χ1) is 13.6. The summed E-state index contributed by atoms with van der Waals surface area (Å²) in [6.45, 7) is 0.716. The molecular weight excluding hydrogens is 396 g/mol. The zero-order valence-electron chi connectivity index (χ0n) is 14.9. The van der Waals surface area contributed by atoms with E-state index in [0.29, 0.717) is 35.2 Å². The highest BCUT2D eigenvalue weighted by Gasteiger charge is 2.26. The van der Waals surface area contributed by atoms with Crippen LogP contribution in [0, 0.1) is 0 Å². The minimum atomic E-state index is -0.218. The van der Waals surface area contributed by atoms with Crippen LogP contribution in [0.15, 0.2) is 70.2 Å². The van der Waals surface area contributed by atoms with E-state index in [4.69, 9.17) is 16.0 Å². The van der Waals surface area contributed by atoms with Gasteiger partial charge in [0.25, 0.3) is 5.91 Å². The predicted molar refractivity (Wildman–Crippen MR) is 110 cm³/mol. The molecule has 0 saturated heterocycles. The summed E-state index contributed by atoms with van der Waals surface area (Å²) in [5.74, 6) is 0.840. The van der Waals surface area contributed by atoms with Crippen molar-refractivity contribution in [2.75, 3.05) is 10.7 Å². The molecule has 0 saturated carbocycles. The van der Waals surface area contributed by atoms with Crippen LogP contribution < -0.4 is 10.2 Å². The van der Waals surface area contributed by atoms with Crippen molar-refractivity contribution >= 4 is 40.9 Å². The van der Waals surface area contributed by atoms with Crippen molar-refractivity contribution in [2.24, 2.45) is 0 Å². The molecule has 4 rings (SSSR count). The van der Waals surface area contributed by atoms with Gasteiger partial charge < -0.3 is 14.6 Å². The first-order valence-corrected chi connectivity index (χ1v) is 10.1. The van der Waals surface area contributed by atoms with Crippen molar-refractivity contribution in [3.8, 4) is 0 Å². The maximum atomic E-state index is 12.6. The largest absolute Gasteiger partial charge is 0.467 e. The van der Waals surface area contributed by atoms with Crippen LogP contribution in [0.2, 0.25) is 5.02 Å². The number of fused-ring (bicyclic) bond motifs is 1. The summed E-state index contributed by atoms with van der Waals surface area (Å²) in [5.41, 5.74) is 2.18. The Hall–Kier alpha value is -2.70. The number of benzene rings is 2. The summed E-state index contributed by atoms with van der Waals surface area (Å²) in [4.78, 5) is 27.8. The third-order valence-corrected chi connectivity index (χ3v) is 5.68. The van der Waals surface area contributed by atoms with Gasteiger partial charge in [0, 0.05) is 15.5 Å². The number of furan rings is 1. The SMILES string of the molecule is O=C(NCc1ccco1)c1ccc2c(c1)N(Cc1cccc(Cl)c1)C(=O)CS2. The van der Waals surface area contributed by atoms with Crippen LogP contribution in [0.5, 0.6) is 0 Å². The quantitative estimate of drug-likeness (QED) is 0.670. The van der Waals surface area contributed by atoms with Gasteiger partial charge in [-0.15, -0.1) is 11.8 Å². The van der Waals surface area contributed by atoms with E-state index >= 15 is 0 Å². The van der Waals surface area contributed by atoms with Crippen molar-refractivity contribution in [1.29, 1.82) is 0 Å². The average Bonchev–Trinajstić information content (AvgIpc) is 3.22. The van der Waals surface area contributed by atoms with E-state index in [0.717, 1.165) is 16.1 Å². The van der Waals surface area contributed by atoms with Gasteiger partial charge in [-0.3, -0.25) is 9.59 Å². The van der Waals surface area contributed by atoms with E-state index in [-0.39, 0.29) is 11.8 Å². The first kappa shape index (κ1) is 18.7. The predicted octanol–water partition coefficient (Wildman–Crippen LogP) is 4.50. The maximum Gasteiger partial charge on any atom is 0.251 e. The number of hydrogen-bond acceptors (Lipinski definition) is 4. The zero-order chi connectivity index (χ0) is 19.5. The molecule has 5 nitrogen and oxygen atoms in total. The lowest BCUT2D eigenvalue weighted by molar-refractivity contribution is -0.116. The number of hydrogen-bond donors (Lipinski definition) is 1. The van der Waals surface area contributed by atoms with E-state index < -0.39 is 0 Å². The van der Waals surface area contributed by atoms with Gasteiger partial charge >= 0.3 is 0 Å². The van der Waals surface area contributed by atoms with Gasteiger partial charge in [0.2, 0.25) is 5.91 Å². The second-order valence-electron chi connectivity index (χ2n) is 6.34. The standard InChI is InChI=1S/C21H17ClN2O3S/c22-16-4-1-3-14(9-16)12-24-18-10-15(6-7-19(18)28-13-20(24)25)21(26)23-11-17-5-2-8-27-17/h1-10H,11-13H2,(H,23,26). The molecular formula is C21H17ClN2O3S. The highest BCUT2D eigenvalue weighted by Crippen LogP contribution is 2.37. The zero-order valence-corrected chi connectivity index (χ0v) is 16.4. The molecule has 0 bridgehead atoms. The minimum Gasteiger partial charge on any atom is -0.467 e. The number of thioether (sulfide) groups is 1. The number of carbonyl (C=O) groups excluding carboxylic acids is 2. The van der Waals surface area contributed by atoms with Crippen LogP contribution in [-0.2, 0) is 17.9 Å². The summed E-state index contributed by atoms with van der Waals surface area (Å²) in [6, 6.07) is 16.4. The summed E-state index contributed by atoms with van der Waals surface area (Å²) < 4.78 is 5.24. The Balaban J connectivity index is 1.57. The number of carbonyl (C=O) groups is 2. The molecule has 2 amide bonds. The number of rotatable bonds is 5. The Morgan fingerprint density at radius 1 is 1.18 bits per heavy atom. The summed E-state index contributed by atoms with van der Waals surface area (Å²) in [5, 5.41) is 3.46. The Labute approximate surface area is 171 Å². The maximum absolute atomic E-state index is 12.6. The summed E-state index contributed by atoms with van der Waals surface area (Å²) in [7, 11) is 0. The molecule has 0 fully saturated rings. The third kappa shape index (κ3) is 4.08. The lowest BCUT2D eigenvalue weighted by Gasteiger charge is -2.29. The molecule has 1 N–H and O–H groups in total. The molecule has 28 heavy (non-hydrogen) atoms. The van der Waals surface area contributed by atoms with Gasteiger partial charge in [-0.05, 0) is 48.0 Å². The molecule has 142 valence electrons. The Morgan fingerprint density at radius 2 is 2.07 bits per heavy atom. The van der Waals surface area contributed by atoms with E-state index in [1.807, 2.05) is 24.3 Å². The molecule has 2 heterocycles. The van der Waals surface area contributed by atoms with Gasteiger partial charge in [-0.2, -0.15) is 0 Å². The smallest absolute Gasteiger partial charge is 0.251 e. The van der Waals surface area contributed by atoms with E-state index in [1.54, 1.807) is 41.5 Å². The summed E-state index contributed by atoms with van der Waals surface area (Å²) in [6.07, 6.45) is 1.57. The topological polar surface area (TPSA) is 62.6 Å². The molecule has 0 aliphatic carbocycles. The van der Waals surface area contributed by atoms with Crippen molar-refractivity contribution < 1.29 is 14.0 Å². The second kappa shape index (κ2) is 8.12. The van der Waals surface area contributed by atoms with E-state index in [1.165, 1.54) is 11.8 Å². The van der Waals surface area contributed by atoms with Gasteiger partial charge in [0.1, 0.15) is 5.76 Å². The van der Waals surface area contributed by atoms with Crippen molar-refractivity contribution in [1.82, 2.24) is 5.32 Å². The van der Waals surface area contributed by atoms with Gasteiger partial charge in [-0.25, -0.2) is 0 Å². The fourth-order valence-electron chi connectivity index (χ4n) is 3.02. The summed E-state index contributed by atoms with van der Waals surface area (Å²) >= 11 is 7.56. The van der Waals surface area contributed by atoms with Crippen LogP contribution in [0.4, 0.5) is 5.69 Å². The first-order valence-electron chi connectivity index (χ1n) is 8.72. The van der Waals surface area contributed by atoms with Gasteiger partial charge in [-0.1, -0.05) is 23.7 Å². The Morgan fingerprint density at radius 3 is 2.86 bits per heavy atom. The van der Waals surface area contributed by atoms with Gasteiger partial charge in [0.15, 0.2) is 0 Å². The fourth-order valence-corrected chi connectivity index (χ4v) is 4.15. The third-order valence-electron chi connectivity index (χ3n) is 4.40. The molecule has 3 aromatic rings. The monoisotopic (exact) mass is 412 g/mol. The molecule has 2 aromatic carbocycles. The molecule has 1 aliphatic rings. The number of amides is 2. The molecule has 0 spiro atoms. The highest BCUT2D eigenvalue weighted by atomic mass is 35.5. The number of nitrogens with one attached hydrogen (secondary N) is 1. The molecule has 7 heteroatoms. The van der Waals surface area contributed by atoms with Crippen molar-refractivity contribution in [3.63, 3.8) is 0 Å². The highest BCUT2D eigenvalue weighted by molar-refractivity contribution is 8.00. The van der Waals surface area contributed by atoms with E-state index in [9.17, 15) is 9.59 Å². The lowest BCUT2D eigenvalue weighted by Crippen LogP contribution is -2.35. The second-order valence-corrected chi connectivity index (χ2v) is 7.80. The average molecular weight is 413 g/mol. The van der Waals surface area contributed by atoms with Crippen LogP contribution in [-0.4, -0.2) is 17.6 Å². The van der Waals surface area contributed by atoms with Crippen LogP contribution >= 0.6 is 23.4 Å². The molecule has 1 aliphatic heterocycles. The van der Waals surface area contributed by atoms with Crippen molar-refractivity contribution in [3.05, 3.63) is 82.8 Å². The van der Waals surface area contributed by atoms with Gasteiger partial charge in [0.05, 0.1) is 30.8 Å². The van der Waals surface area contributed by atoms with Crippen molar-refractivity contribution in [2.45, 2.75) is 18.0 Å². The fraction of sp³-hybridized carbons (Fsp3) is 0.143. The van der Waals surface area contributed by atoms with Crippen LogP contribution in [0.1, 0.15) is 21.7 Å². The minimum absolute atomic E-state index is 0.00520. The Kier molecular flexibility index (Phi) is 5.41. The molecule has 0 atom stereocenters. The molecule has 1 aromatic heterocycles. The normalized spacial score (nSPS) is 13.3. The van der Waals surface area contributed by atoms with E-state index in [2.05, 4.69) is 5.32 Å².